The smallest absolute Gasteiger partial charge is 0.272 e. The van der Waals surface area contributed by atoms with Gasteiger partial charge in [-0.3, -0.25) is 9.59 Å². The summed E-state index contributed by atoms with van der Waals surface area (Å²) in [4.78, 5) is 24.2. The number of carbonyl (C=O) groups excluding carboxylic acids is 1. The summed E-state index contributed by atoms with van der Waals surface area (Å²) in [7, 11) is 0. The van der Waals surface area contributed by atoms with E-state index in [0.29, 0.717) is 10.8 Å². The SMILES string of the molecule is CC(CCc1ccco1)NC(=O)c1n[nH]c(=O)c2ccccc12. The summed E-state index contributed by atoms with van der Waals surface area (Å²) in [6.07, 6.45) is 3.13. The number of aryl methyl sites for hydroxylation is 1. The Balaban J connectivity index is 1.73. The first-order chi connectivity index (χ1) is 11.1. The van der Waals surface area contributed by atoms with E-state index in [2.05, 4.69) is 15.5 Å². The zero-order valence-corrected chi connectivity index (χ0v) is 12.7. The van der Waals surface area contributed by atoms with Crippen LogP contribution in [0.15, 0.2) is 51.9 Å². The minimum atomic E-state index is -0.303. The van der Waals surface area contributed by atoms with Crippen LogP contribution in [-0.4, -0.2) is 22.1 Å². The molecular weight excluding hydrogens is 294 g/mol. The van der Waals surface area contributed by atoms with Crippen molar-refractivity contribution in [3.8, 4) is 0 Å². The molecule has 1 aromatic carbocycles. The lowest BCUT2D eigenvalue weighted by molar-refractivity contribution is 0.0934. The lowest BCUT2D eigenvalue weighted by Gasteiger charge is -2.13. The summed E-state index contributed by atoms with van der Waals surface area (Å²) in [5.41, 5.74) is -0.0759. The van der Waals surface area contributed by atoms with Gasteiger partial charge in [0, 0.05) is 17.8 Å². The number of fused-ring (bicyclic) bond motifs is 1. The Morgan fingerprint density at radius 2 is 2.04 bits per heavy atom. The quantitative estimate of drug-likeness (QED) is 0.756. The van der Waals surface area contributed by atoms with Crippen molar-refractivity contribution >= 4 is 16.7 Å². The van der Waals surface area contributed by atoms with Gasteiger partial charge in [0.2, 0.25) is 0 Å². The van der Waals surface area contributed by atoms with Crippen LogP contribution in [0.3, 0.4) is 0 Å². The molecule has 2 N–H and O–H groups in total. The maximum atomic E-state index is 12.4. The van der Waals surface area contributed by atoms with Gasteiger partial charge in [-0.25, -0.2) is 5.10 Å². The molecule has 23 heavy (non-hydrogen) atoms. The molecule has 0 spiro atoms. The molecule has 0 saturated carbocycles. The van der Waals surface area contributed by atoms with Gasteiger partial charge >= 0.3 is 0 Å². The van der Waals surface area contributed by atoms with E-state index in [4.69, 9.17) is 4.42 Å². The number of rotatable bonds is 5. The third-order valence-corrected chi connectivity index (χ3v) is 3.69. The molecule has 3 rings (SSSR count). The Bertz CT molecular complexity index is 868. The number of nitrogens with one attached hydrogen (secondary N) is 2. The third-order valence-electron chi connectivity index (χ3n) is 3.69. The standard InChI is InChI=1S/C17H17N3O3/c1-11(8-9-12-5-4-10-23-12)18-17(22)15-13-6-2-3-7-14(13)16(21)20-19-15/h2-7,10-11H,8-9H2,1H3,(H,18,22)(H,20,21). The summed E-state index contributed by atoms with van der Waals surface area (Å²) >= 11 is 0. The third kappa shape index (κ3) is 3.31. The van der Waals surface area contributed by atoms with E-state index < -0.39 is 0 Å². The summed E-state index contributed by atoms with van der Waals surface area (Å²) in [6.45, 7) is 1.93. The monoisotopic (exact) mass is 311 g/mol. The number of nitrogens with zero attached hydrogens (tertiary/aromatic N) is 1. The molecule has 1 unspecified atom stereocenters. The normalized spacial score (nSPS) is 12.2. The number of H-pyrrole nitrogens is 1. The number of hydrogen-bond acceptors (Lipinski definition) is 4. The van der Waals surface area contributed by atoms with E-state index >= 15 is 0 Å². The molecule has 0 aliphatic heterocycles. The topological polar surface area (TPSA) is 88.0 Å². The Morgan fingerprint density at radius 1 is 1.26 bits per heavy atom. The van der Waals surface area contributed by atoms with Gasteiger partial charge in [0.05, 0.1) is 11.6 Å². The van der Waals surface area contributed by atoms with Crippen LogP contribution >= 0.6 is 0 Å². The van der Waals surface area contributed by atoms with Crippen molar-refractivity contribution in [2.45, 2.75) is 25.8 Å². The summed E-state index contributed by atoms with van der Waals surface area (Å²) in [6, 6.07) is 10.6. The van der Waals surface area contributed by atoms with Gasteiger partial charge < -0.3 is 9.73 Å². The Hall–Kier alpha value is -2.89. The number of hydrogen-bond donors (Lipinski definition) is 2. The van der Waals surface area contributed by atoms with Crippen molar-refractivity contribution < 1.29 is 9.21 Å². The van der Waals surface area contributed by atoms with E-state index in [1.165, 1.54) is 0 Å². The number of furan rings is 1. The number of carbonyl (C=O) groups is 1. The lowest BCUT2D eigenvalue weighted by Crippen LogP contribution is -2.34. The zero-order valence-electron chi connectivity index (χ0n) is 12.7. The van der Waals surface area contributed by atoms with Gasteiger partial charge in [-0.15, -0.1) is 0 Å². The van der Waals surface area contributed by atoms with Crippen LogP contribution in [0.2, 0.25) is 0 Å². The van der Waals surface area contributed by atoms with Crippen molar-refractivity contribution in [1.82, 2.24) is 15.5 Å². The van der Waals surface area contributed by atoms with Gasteiger partial charge in [-0.2, -0.15) is 5.10 Å². The average Bonchev–Trinajstić information content (AvgIpc) is 3.07. The fourth-order valence-corrected chi connectivity index (χ4v) is 2.47. The zero-order chi connectivity index (χ0) is 16.2. The summed E-state index contributed by atoms with van der Waals surface area (Å²) < 4.78 is 5.28. The first-order valence-corrected chi connectivity index (χ1v) is 7.46. The van der Waals surface area contributed by atoms with Gasteiger partial charge in [0.25, 0.3) is 11.5 Å². The molecule has 0 aliphatic carbocycles. The van der Waals surface area contributed by atoms with Gasteiger partial charge in [0.15, 0.2) is 5.69 Å². The van der Waals surface area contributed by atoms with E-state index in [9.17, 15) is 9.59 Å². The van der Waals surface area contributed by atoms with Crippen LogP contribution in [0.5, 0.6) is 0 Å². The largest absolute Gasteiger partial charge is 0.469 e. The van der Waals surface area contributed by atoms with Gasteiger partial charge in [0.1, 0.15) is 5.76 Å². The molecule has 1 atom stereocenters. The highest BCUT2D eigenvalue weighted by atomic mass is 16.3. The Kier molecular flexibility index (Phi) is 4.23. The van der Waals surface area contributed by atoms with Crippen LogP contribution in [0, 0.1) is 0 Å². The fraction of sp³-hybridized carbons (Fsp3) is 0.235. The highest BCUT2D eigenvalue weighted by molar-refractivity contribution is 6.04. The Labute approximate surface area is 132 Å². The molecule has 2 heterocycles. The summed E-state index contributed by atoms with van der Waals surface area (Å²) in [5.74, 6) is 0.586. The van der Waals surface area contributed by atoms with Crippen molar-refractivity contribution in [3.63, 3.8) is 0 Å². The number of amides is 1. The van der Waals surface area contributed by atoms with Crippen molar-refractivity contribution in [2.24, 2.45) is 0 Å². The maximum absolute atomic E-state index is 12.4. The van der Waals surface area contributed by atoms with E-state index in [1.807, 2.05) is 19.1 Å². The number of aromatic nitrogens is 2. The minimum absolute atomic E-state index is 0.0416. The molecule has 0 bridgehead atoms. The molecule has 6 heteroatoms. The molecule has 0 saturated heterocycles. The maximum Gasteiger partial charge on any atom is 0.272 e. The van der Waals surface area contributed by atoms with Crippen LogP contribution < -0.4 is 10.9 Å². The van der Waals surface area contributed by atoms with Gasteiger partial charge in [-0.05, 0) is 31.5 Å². The molecule has 6 nitrogen and oxygen atoms in total. The van der Waals surface area contributed by atoms with Crippen LogP contribution in [0.1, 0.15) is 29.6 Å². The predicted molar refractivity (Wildman–Crippen MR) is 86.3 cm³/mol. The fourth-order valence-electron chi connectivity index (χ4n) is 2.47. The predicted octanol–water partition coefficient (Wildman–Crippen LogP) is 2.27. The van der Waals surface area contributed by atoms with Crippen molar-refractivity contribution in [3.05, 3.63) is 64.5 Å². The Morgan fingerprint density at radius 3 is 2.78 bits per heavy atom. The van der Waals surface area contributed by atoms with Gasteiger partial charge in [-0.1, -0.05) is 18.2 Å². The summed E-state index contributed by atoms with van der Waals surface area (Å²) in [5, 5.41) is 10.2. The van der Waals surface area contributed by atoms with Crippen molar-refractivity contribution in [1.29, 1.82) is 0 Å². The first-order valence-electron chi connectivity index (χ1n) is 7.46. The molecule has 118 valence electrons. The molecule has 3 aromatic rings. The van der Waals surface area contributed by atoms with Crippen LogP contribution in [0.4, 0.5) is 0 Å². The number of benzene rings is 1. The second-order valence-corrected chi connectivity index (χ2v) is 5.44. The average molecular weight is 311 g/mol. The minimum Gasteiger partial charge on any atom is -0.469 e. The molecule has 0 radical (unpaired) electrons. The van der Waals surface area contributed by atoms with E-state index in [0.717, 1.165) is 18.6 Å². The second kappa shape index (κ2) is 6.48. The van der Waals surface area contributed by atoms with Crippen LogP contribution in [0.25, 0.3) is 10.8 Å². The molecule has 0 aliphatic rings. The van der Waals surface area contributed by atoms with E-state index in [-0.39, 0.29) is 23.2 Å². The van der Waals surface area contributed by atoms with Crippen molar-refractivity contribution in [2.75, 3.05) is 0 Å². The van der Waals surface area contributed by atoms with E-state index in [1.54, 1.807) is 30.5 Å². The lowest BCUT2D eigenvalue weighted by atomic mass is 10.1. The highest BCUT2D eigenvalue weighted by Gasteiger charge is 2.16. The molecular formula is C17H17N3O3. The van der Waals surface area contributed by atoms with Crippen LogP contribution in [-0.2, 0) is 6.42 Å². The molecule has 1 amide bonds. The molecule has 0 fully saturated rings. The number of aromatic amines is 1. The second-order valence-electron chi connectivity index (χ2n) is 5.44. The highest BCUT2D eigenvalue weighted by Crippen LogP contribution is 2.13. The molecule has 2 aromatic heterocycles. The first kappa shape index (κ1) is 15.0.